The Bertz CT molecular complexity index is 694. The maximum absolute atomic E-state index is 12.7. The highest BCUT2D eigenvalue weighted by molar-refractivity contribution is 5.93. The monoisotopic (exact) mass is 328 g/mol. The number of aromatic amines is 1. The van der Waals surface area contributed by atoms with Gasteiger partial charge in [-0.2, -0.15) is 5.10 Å². The lowest BCUT2D eigenvalue weighted by Crippen LogP contribution is -2.34. The third kappa shape index (κ3) is 4.44. The lowest BCUT2D eigenvalue weighted by Gasteiger charge is -2.27. The van der Waals surface area contributed by atoms with E-state index < -0.39 is 11.9 Å². The standard InChI is InChI=1S/C18H24N4O2/c1-12(2)9-14-10-15(21-20-14)18(24)22(3)16(11-17(19)23)13-7-5-4-6-8-13/h4-8,10,12,16H,9,11H2,1-3H3,(H2,19,23)(H,20,21). The van der Waals surface area contributed by atoms with Gasteiger partial charge in [0.1, 0.15) is 5.69 Å². The van der Waals surface area contributed by atoms with Crippen molar-refractivity contribution in [1.82, 2.24) is 15.1 Å². The van der Waals surface area contributed by atoms with Crippen LogP contribution < -0.4 is 5.73 Å². The summed E-state index contributed by atoms with van der Waals surface area (Å²) in [5.41, 5.74) is 7.50. The molecule has 0 spiro atoms. The molecule has 0 saturated heterocycles. The van der Waals surface area contributed by atoms with Crippen LogP contribution in [-0.4, -0.2) is 34.0 Å². The molecule has 1 heterocycles. The molecule has 2 amide bonds. The second-order valence-corrected chi connectivity index (χ2v) is 6.39. The second kappa shape index (κ2) is 7.77. The van der Waals surface area contributed by atoms with Gasteiger partial charge in [-0.1, -0.05) is 44.2 Å². The highest BCUT2D eigenvalue weighted by Gasteiger charge is 2.26. The molecule has 6 heteroatoms. The quantitative estimate of drug-likeness (QED) is 0.817. The summed E-state index contributed by atoms with van der Waals surface area (Å²) in [4.78, 5) is 25.7. The Morgan fingerprint density at radius 2 is 1.92 bits per heavy atom. The molecule has 2 rings (SSSR count). The second-order valence-electron chi connectivity index (χ2n) is 6.39. The van der Waals surface area contributed by atoms with Crippen LogP contribution in [0.15, 0.2) is 36.4 Å². The summed E-state index contributed by atoms with van der Waals surface area (Å²) in [6.45, 7) is 4.21. The number of H-pyrrole nitrogens is 1. The lowest BCUT2D eigenvalue weighted by molar-refractivity contribution is -0.119. The summed E-state index contributed by atoms with van der Waals surface area (Å²) < 4.78 is 0. The van der Waals surface area contributed by atoms with Crippen molar-refractivity contribution in [3.05, 3.63) is 53.3 Å². The summed E-state index contributed by atoms with van der Waals surface area (Å²) in [6, 6.07) is 10.7. The lowest BCUT2D eigenvalue weighted by atomic mass is 10.0. The fraction of sp³-hybridized carbons (Fsp3) is 0.389. The van der Waals surface area contributed by atoms with Gasteiger partial charge in [0.15, 0.2) is 0 Å². The molecule has 0 fully saturated rings. The van der Waals surface area contributed by atoms with E-state index in [1.807, 2.05) is 30.3 Å². The maximum Gasteiger partial charge on any atom is 0.274 e. The molecule has 128 valence electrons. The smallest absolute Gasteiger partial charge is 0.274 e. The van der Waals surface area contributed by atoms with Crippen LogP contribution in [-0.2, 0) is 11.2 Å². The van der Waals surface area contributed by atoms with E-state index in [9.17, 15) is 9.59 Å². The van der Waals surface area contributed by atoms with E-state index in [1.54, 1.807) is 13.1 Å². The number of hydrogen-bond acceptors (Lipinski definition) is 3. The largest absolute Gasteiger partial charge is 0.370 e. The minimum atomic E-state index is -0.453. The van der Waals surface area contributed by atoms with Crippen molar-refractivity contribution in [2.75, 3.05) is 7.05 Å². The number of rotatable bonds is 7. The van der Waals surface area contributed by atoms with Crippen LogP contribution in [0.1, 0.15) is 48.1 Å². The summed E-state index contributed by atoms with van der Waals surface area (Å²) in [5, 5.41) is 7.02. The van der Waals surface area contributed by atoms with Gasteiger partial charge in [-0.05, 0) is 24.0 Å². The molecule has 1 aromatic carbocycles. The van der Waals surface area contributed by atoms with E-state index >= 15 is 0 Å². The van der Waals surface area contributed by atoms with Gasteiger partial charge >= 0.3 is 0 Å². The summed E-state index contributed by atoms with van der Waals surface area (Å²) >= 11 is 0. The van der Waals surface area contributed by atoms with Crippen molar-refractivity contribution in [2.45, 2.75) is 32.7 Å². The van der Waals surface area contributed by atoms with E-state index in [4.69, 9.17) is 5.73 Å². The topological polar surface area (TPSA) is 92.1 Å². The molecule has 1 aromatic heterocycles. The van der Waals surface area contributed by atoms with Crippen LogP contribution in [0.5, 0.6) is 0 Å². The molecule has 0 saturated carbocycles. The predicted octanol–water partition coefficient (Wildman–Crippen LogP) is 2.30. The molecule has 1 atom stereocenters. The fourth-order valence-electron chi connectivity index (χ4n) is 2.68. The molecule has 0 aliphatic heterocycles. The van der Waals surface area contributed by atoms with Crippen molar-refractivity contribution >= 4 is 11.8 Å². The number of nitrogens with two attached hydrogens (primary N) is 1. The zero-order valence-electron chi connectivity index (χ0n) is 14.3. The number of carbonyl (C=O) groups is 2. The van der Waals surface area contributed by atoms with E-state index in [0.717, 1.165) is 17.7 Å². The molecular formula is C18H24N4O2. The Morgan fingerprint density at radius 1 is 1.25 bits per heavy atom. The average Bonchev–Trinajstić information content (AvgIpc) is 2.99. The zero-order valence-corrected chi connectivity index (χ0v) is 14.3. The Kier molecular flexibility index (Phi) is 5.73. The van der Waals surface area contributed by atoms with Crippen molar-refractivity contribution < 1.29 is 9.59 Å². The van der Waals surface area contributed by atoms with Crippen molar-refractivity contribution in [3.8, 4) is 0 Å². The summed E-state index contributed by atoms with van der Waals surface area (Å²) in [7, 11) is 1.67. The molecule has 0 bridgehead atoms. The highest BCUT2D eigenvalue weighted by Crippen LogP contribution is 2.24. The van der Waals surface area contributed by atoms with Crippen LogP contribution in [0, 0.1) is 5.92 Å². The van der Waals surface area contributed by atoms with Gasteiger partial charge in [0.2, 0.25) is 5.91 Å². The first-order valence-electron chi connectivity index (χ1n) is 8.03. The number of primary amides is 1. The molecule has 0 aliphatic rings. The number of carbonyl (C=O) groups excluding carboxylic acids is 2. The number of benzene rings is 1. The number of nitrogens with zero attached hydrogens (tertiary/aromatic N) is 2. The number of amides is 2. The van der Waals surface area contributed by atoms with E-state index in [1.165, 1.54) is 4.90 Å². The average molecular weight is 328 g/mol. The minimum absolute atomic E-state index is 0.0650. The maximum atomic E-state index is 12.7. The summed E-state index contributed by atoms with van der Waals surface area (Å²) in [6.07, 6.45) is 0.892. The number of aromatic nitrogens is 2. The Balaban J connectivity index is 2.22. The zero-order chi connectivity index (χ0) is 17.7. The van der Waals surface area contributed by atoms with Crippen LogP contribution in [0.25, 0.3) is 0 Å². The third-order valence-corrected chi connectivity index (χ3v) is 3.84. The SMILES string of the molecule is CC(C)Cc1cc(C(=O)N(C)C(CC(N)=O)c2ccccc2)n[nH]1. The van der Waals surface area contributed by atoms with Gasteiger partial charge in [0, 0.05) is 12.7 Å². The molecule has 2 aromatic rings. The molecular weight excluding hydrogens is 304 g/mol. The first kappa shape index (κ1) is 17.7. The Labute approximate surface area is 142 Å². The number of hydrogen-bond donors (Lipinski definition) is 2. The van der Waals surface area contributed by atoms with E-state index in [-0.39, 0.29) is 12.3 Å². The predicted molar refractivity (Wildman–Crippen MR) is 92.2 cm³/mol. The van der Waals surface area contributed by atoms with Crippen LogP contribution >= 0.6 is 0 Å². The van der Waals surface area contributed by atoms with Gasteiger partial charge < -0.3 is 10.6 Å². The minimum Gasteiger partial charge on any atom is -0.370 e. The van der Waals surface area contributed by atoms with E-state index in [0.29, 0.717) is 11.6 Å². The fourth-order valence-corrected chi connectivity index (χ4v) is 2.68. The van der Waals surface area contributed by atoms with Crippen molar-refractivity contribution in [2.24, 2.45) is 11.7 Å². The van der Waals surface area contributed by atoms with Crippen molar-refractivity contribution in [1.29, 1.82) is 0 Å². The van der Waals surface area contributed by atoms with Crippen LogP contribution in [0.3, 0.4) is 0 Å². The highest BCUT2D eigenvalue weighted by atomic mass is 16.2. The van der Waals surface area contributed by atoms with Gasteiger partial charge in [-0.25, -0.2) is 0 Å². The first-order valence-corrected chi connectivity index (χ1v) is 8.03. The Morgan fingerprint density at radius 3 is 2.50 bits per heavy atom. The molecule has 3 N–H and O–H groups in total. The molecule has 0 radical (unpaired) electrons. The molecule has 24 heavy (non-hydrogen) atoms. The van der Waals surface area contributed by atoms with Gasteiger partial charge in [0.25, 0.3) is 5.91 Å². The van der Waals surface area contributed by atoms with Gasteiger partial charge in [-0.3, -0.25) is 14.7 Å². The molecule has 6 nitrogen and oxygen atoms in total. The number of nitrogens with one attached hydrogen (secondary N) is 1. The van der Waals surface area contributed by atoms with E-state index in [2.05, 4.69) is 24.0 Å². The third-order valence-electron chi connectivity index (χ3n) is 3.84. The van der Waals surface area contributed by atoms with Gasteiger partial charge in [0.05, 0.1) is 12.5 Å². The van der Waals surface area contributed by atoms with Crippen LogP contribution in [0.4, 0.5) is 0 Å². The summed E-state index contributed by atoms with van der Waals surface area (Å²) in [5.74, 6) is -0.222. The Hall–Kier alpha value is -2.63. The molecule has 0 aliphatic carbocycles. The van der Waals surface area contributed by atoms with Crippen molar-refractivity contribution in [3.63, 3.8) is 0 Å². The van der Waals surface area contributed by atoms with Gasteiger partial charge in [-0.15, -0.1) is 0 Å². The first-order chi connectivity index (χ1) is 11.4. The molecule has 1 unspecified atom stereocenters. The van der Waals surface area contributed by atoms with Crippen LogP contribution in [0.2, 0.25) is 0 Å². The normalized spacial score (nSPS) is 12.2.